The van der Waals surface area contributed by atoms with Crippen molar-refractivity contribution in [1.29, 1.82) is 0 Å². The molecule has 0 aliphatic heterocycles. The molecule has 1 N–H and O–H groups in total. The highest BCUT2D eigenvalue weighted by Gasteiger charge is 2.15. The molecule has 0 aliphatic rings. The Balaban J connectivity index is 2.07. The zero-order valence-corrected chi connectivity index (χ0v) is 12.7. The summed E-state index contributed by atoms with van der Waals surface area (Å²) in [6.45, 7) is 6.81. The lowest BCUT2D eigenvalue weighted by atomic mass is 10.2. The Bertz CT molecular complexity index is 435. The van der Waals surface area contributed by atoms with Crippen molar-refractivity contribution < 1.29 is 14.3 Å². The molecule has 0 aromatic carbocycles. The van der Waals surface area contributed by atoms with E-state index < -0.39 is 11.7 Å². The maximum absolute atomic E-state index is 11.3. The Hall–Kier alpha value is -1.40. The van der Waals surface area contributed by atoms with Crippen molar-refractivity contribution in [2.45, 2.75) is 39.4 Å². The molecule has 20 heavy (non-hydrogen) atoms. The molecule has 0 aliphatic carbocycles. The molecule has 0 saturated heterocycles. The molecular formula is C13H20ClN3O3. The number of alkyl carbamates (subject to hydrolysis) is 1. The van der Waals surface area contributed by atoms with Crippen LogP contribution in [0.5, 0.6) is 0 Å². The molecule has 0 bridgehead atoms. The van der Waals surface area contributed by atoms with Gasteiger partial charge in [-0.1, -0.05) is 11.6 Å². The van der Waals surface area contributed by atoms with E-state index in [2.05, 4.69) is 15.3 Å². The highest BCUT2D eigenvalue weighted by Crippen LogP contribution is 2.06. The van der Waals surface area contributed by atoms with Gasteiger partial charge in [-0.3, -0.25) is 4.98 Å². The van der Waals surface area contributed by atoms with Crippen molar-refractivity contribution >= 4 is 17.7 Å². The molecular weight excluding hydrogens is 282 g/mol. The van der Waals surface area contributed by atoms with Crippen LogP contribution in [0.4, 0.5) is 4.79 Å². The van der Waals surface area contributed by atoms with Crippen LogP contribution in [0.25, 0.3) is 0 Å². The molecule has 0 fully saturated rings. The summed E-state index contributed by atoms with van der Waals surface area (Å²) in [5.41, 5.74) is 0.198. The lowest BCUT2D eigenvalue weighted by molar-refractivity contribution is 0.0517. The molecule has 0 saturated carbocycles. The number of hydrogen-bond donors (Lipinski definition) is 1. The van der Waals surface area contributed by atoms with Crippen LogP contribution < -0.4 is 5.32 Å². The molecule has 1 heterocycles. The van der Waals surface area contributed by atoms with E-state index in [1.54, 1.807) is 6.20 Å². The maximum atomic E-state index is 11.3. The SMILES string of the molecule is CC(C)(C)OC(=O)NCCCOCc1cncc(Cl)n1. The minimum atomic E-state index is -0.480. The van der Waals surface area contributed by atoms with Gasteiger partial charge in [-0.05, 0) is 27.2 Å². The van der Waals surface area contributed by atoms with Gasteiger partial charge in [-0.15, -0.1) is 0 Å². The van der Waals surface area contributed by atoms with Crippen LogP contribution in [0.1, 0.15) is 32.9 Å². The fourth-order valence-corrected chi connectivity index (χ4v) is 1.47. The largest absolute Gasteiger partial charge is 0.444 e. The van der Waals surface area contributed by atoms with Gasteiger partial charge in [0.15, 0.2) is 0 Å². The van der Waals surface area contributed by atoms with Crippen LogP contribution in [-0.4, -0.2) is 34.8 Å². The van der Waals surface area contributed by atoms with Crippen molar-refractivity contribution in [1.82, 2.24) is 15.3 Å². The smallest absolute Gasteiger partial charge is 0.407 e. The summed E-state index contributed by atoms with van der Waals surface area (Å²) in [4.78, 5) is 19.3. The van der Waals surface area contributed by atoms with E-state index >= 15 is 0 Å². The third-order valence-corrected chi connectivity index (χ3v) is 2.22. The Morgan fingerprint density at radius 2 is 2.15 bits per heavy atom. The fraction of sp³-hybridized carbons (Fsp3) is 0.615. The molecule has 1 rings (SSSR count). The van der Waals surface area contributed by atoms with Crippen LogP contribution in [0.15, 0.2) is 12.4 Å². The molecule has 0 atom stereocenters. The first kappa shape index (κ1) is 16.7. The molecule has 1 aromatic rings. The highest BCUT2D eigenvalue weighted by molar-refractivity contribution is 6.29. The summed E-state index contributed by atoms with van der Waals surface area (Å²) in [7, 11) is 0. The minimum absolute atomic E-state index is 0.345. The van der Waals surface area contributed by atoms with Gasteiger partial charge in [0.2, 0.25) is 0 Å². The lowest BCUT2D eigenvalue weighted by Gasteiger charge is -2.19. The summed E-state index contributed by atoms with van der Waals surface area (Å²) in [6, 6.07) is 0. The number of nitrogens with one attached hydrogen (secondary N) is 1. The second-order valence-corrected chi connectivity index (χ2v) is 5.56. The van der Waals surface area contributed by atoms with Crippen LogP contribution >= 0.6 is 11.6 Å². The normalized spacial score (nSPS) is 11.2. The number of halogens is 1. The standard InChI is InChI=1S/C13H20ClN3O3/c1-13(2,3)20-12(18)16-5-4-6-19-9-10-7-15-8-11(14)17-10/h7-8H,4-6,9H2,1-3H3,(H,16,18). The lowest BCUT2D eigenvalue weighted by Crippen LogP contribution is -2.33. The molecule has 0 unspecified atom stereocenters. The van der Waals surface area contributed by atoms with E-state index in [0.717, 1.165) is 0 Å². The van der Waals surface area contributed by atoms with Crippen molar-refractivity contribution in [3.8, 4) is 0 Å². The van der Waals surface area contributed by atoms with Crippen molar-refractivity contribution in [2.75, 3.05) is 13.2 Å². The average molecular weight is 302 g/mol. The number of carbonyl (C=O) groups excluding carboxylic acids is 1. The third kappa shape index (κ3) is 7.91. The molecule has 0 spiro atoms. The van der Waals surface area contributed by atoms with E-state index in [9.17, 15) is 4.79 Å². The number of hydrogen-bond acceptors (Lipinski definition) is 5. The molecule has 112 valence electrons. The van der Waals surface area contributed by atoms with Gasteiger partial charge in [0.05, 0.1) is 24.7 Å². The zero-order chi connectivity index (χ0) is 15.0. The maximum Gasteiger partial charge on any atom is 0.407 e. The van der Waals surface area contributed by atoms with E-state index in [4.69, 9.17) is 21.1 Å². The van der Waals surface area contributed by atoms with Gasteiger partial charge < -0.3 is 14.8 Å². The van der Waals surface area contributed by atoms with E-state index in [1.165, 1.54) is 6.20 Å². The molecule has 7 heteroatoms. The van der Waals surface area contributed by atoms with Gasteiger partial charge in [-0.25, -0.2) is 9.78 Å². The van der Waals surface area contributed by atoms with Gasteiger partial charge >= 0.3 is 6.09 Å². The second kappa shape index (κ2) is 8.01. The Morgan fingerprint density at radius 3 is 2.80 bits per heavy atom. The van der Waals surface area contributed by atoms with Gasteiger partial charge in [0.1, 0.15) is 10.8 Å². The fourth-order valence-electron chi connectivity index (χ4n) is 1.30. The zero-order valence-electron chi connectivity index (χ0n) is 12.0. The van der Waals surface area contributed by atoms with Crippen LogP contribution in [-0.2, 0) is 16.1 Å². The summed E-state index contributed by atoms with van der Waals surface area (Å²) < 4.78 is 10.5. The second-order valence-electron chi connectivity index (χ2n) is 5.17. The monoisotopic (exact) mass is 301 g/mol. The van der Waals surface area contributed by atoms with Gasteiger partial charge in [-0.2, -0.15) is 0 Å². The summed E-state index contributed by atoms with van der Waals surface area (Å²) in [6.07, 6.45) is 3.34. The third-order valence-electron chi connectivity index (χ3n) is 2.04. The highest BCUT2D eigenvalue weighted by atomic mass is 35.5. The number of amides is 1. The number of nitrogens with zero attached hydrogens (tertiary/aromatic N) is 2. The van der Waals surface area contributed by atoms with Crippen molar-refractivity contribution in [3.05, 3.63) is 23.2 Å². The van der Waals surface area contributed by atoms with Crippen molar-refractivity contribution in [3.63, 3.8) is 0 Å². The molecule has 6 nitrogen and oxygen atoms in total. The van der Waals surface area contributed by atoms with Crippen LogP contribution in [0.3, 0.4) is 0 Å². The van der Waals surface area contributed by atoms with Gasteiger partial charge in [0, 0.05) is 13.2 Å². The quantitative estimate of drug-likeness (QED) is 0.817. The van der Waals surface area contributed by atoms with Crippen molar-refractivity contribution in [2.24, 2.45) is 0 Å². The first-order chi connectivity index (χ1) is 9.37. The van der Waals surface area contributed by atoms with E-state index in [-0.39, 0.29) is 0 Å². The predicted molar refractivity (Wildman–Crippen MR) is 75.6 cm³/mol. The average Bonchev–Trinajstić information content (AvgIpc) is 2.31. The van der Waals surface area contributed by atoms with E-state index in [1.807, 2.05) is 20.8 Å². The first-order valence-corrected chi connectivity index (χ1v) is 6.75. The summed E-state index contributed by atoms with van der Waals surface area (Å²) >= 11 is 5.70. The number of aromatic nitrogens is 2. The molecule has 1 aromatic heterocycles. The Labute approximate surface area is 123 Å². The number of rotatable bonds is 6. The van der Waals surface area contributed by atoms with Crippen LogP contribution in [0, 0.1) is 0 Å². The number of carbonyl (C=O) groups is 1. The molecule has 0 radical (unpaired) electrons. The molecule has 1 amide bonds. The topological polar surface area (TPSA) is 73.3 Å². The summed E-state index contributed by atoms with van der Waals surface area (Å²) in [5.74, 6) is 0. The first-order valence-electron chi connectivity index (χ1n) is 6.38. The predicted octanol–water partition coefficient (Wildman–Crippen LogP) is 2.56. The van der Waals surface area contributed by atoms with Crippen LogP contribution in [0.2, 0.25) is 5.15 Å². The van der Waals surface area contributed by atoms with Gasteiger partial charge in [0.25, 0.3) is 0 Å². The Morgan fingerprint density at radius 1 is 1.40 bits per heavy atom. The minimum Gasteiger partial charge on any atom is -0.444 e. The Kier molecular flexibility index (Phi) is 6.67. The summed E-state index contributed by atoms with van der Waals surface area (Å²) in [5, 5.41) is 3.00. The number of ether oxygens (including phenoxy) is 2. The van der Waals surface area contributed by atoms with E-state index in [0.29, 0.717) is 37.0 Å².